The molecule has 3 nitrogen and oxygen atoms in total. The van der Waals surface area contributed by atoms with Crippen molar-refractivity contribution in [3.8, 4) is 5.75 Å². The number of benzene rings is 1. The lowest BCUT2D eigenvalue weighted by Crippen LogP contribution is -2.25. The van der Waals surface area contributed by atoms with Gasteiger partial charge in [0.05, 0.1) is 5.56 Å². The van der Waals surface area contributed by atoms with E-state index in [1.807, 2.05) is 0 Å². The molecule has 76 valence electrons. The van der Waals surface area contributed by atoms with Gasteiger partial charge < -0.3 is 10.2 Å². The predicted molar refractivity (Wildman–Crippen MR) is 47.3 cm³/mol. The van der Waals surface area contributed by atoms with E-state index in [1.165, 1.54) is 6.07 Å². The van der Waals surface area contributed by atoms with Gasteiger partial charge in [0.2, 0.25) is 0 Å². The quantitative estimate of drug-likeness (QED) is 0.864. The van der Waals surface area contributed by atoms with Crippen LogP contribution in [0.25, 0.3) is 0 Å². The van der Waals surface area contributed by atoms with Gasteiger partial charge >= 0.3 is 11.9 Å². The second-order valence-corrected chi connectivity index (χ2v) is 3.46. The Morgan fingerprint density at radius 1 is 1.43 bits per heavy atom. The minimum Gasteiger partial charge on any atom is -0.507 e. The number of phenolic OH excluding ortho intramolecular Hbond substituents is 1. The molecule has 0 heterocycles. The van der Waals surface area contributed by atoms with Crippen molar-refractivity contribution < 1.29 is 23.8 Å². The van der Waals surface area contributed by atoms with E-state index in [1.54, 1.807) is 0 Å². The van der Waals surface area contributed by atoms with Crippen molar-refractivity contribution in [3.63, 3.8) is 0 Å². The highest BCUT2D eigenvalue weighted by Crippen LogP contribution is 2.35. The summed E-state index contributed by atoms with van der Waals surface area (Å²) in [5.41, 5.74) is -0.923. The molecule has 0 bridgehead atoms. The Morgan fingerprint density at radius 3 is 2.43 bits per heavy atom. The number of phenols is 1. The van der Waals surface area contributed by atoms with Gasteiger partial charge in [-0.2, -0.15) is 8.78 Å². The molecular formula is C8H5BrF2O3. The Morgan fingerprint density at radius 2 is 2.00 bits per heavy atom. The highest BCUT2D eigenvalue weighted by Gasteiger charge is 2.43. The largest absolute Gasteiger partial charge is 0.507 e. The van der Waals surface area contributed by atoms with E-state index >= 15 is 0 Å². The van der Waals surface area contributed by atoms with Gasteiger partial charge in [-0.15, -0.1) is 0 Å². The zero-order valence-electron chi connectivity index (χ0n) is 6.67. The molecule has 0 aromatic heterocycles. The first-order valence-corrected chi connectivity index (χ1v) is 4.25. The number of carboxylic acid groups (broad SMARTS) is 1. The molecular weight excluding hydrogens is 262 g/mol. The first-order chi connectivity index (χ1) is 6.35. The number of hydrogen-bond donors (Lipinski definition) is 2. The van der Waals surface area contributed by atoms with Gasteiger partial charge in [0.15, 0.2) is 0 Å². The van der Waals surface area contributed by atoms with Crippen LogP contribution in [0.3, 0.4) is 0 Å². The molecule has 0 saturated carbocycles. The van der Waals surface area contributed by atoms with E-state index in [4.69, 9.17) is 10.2 Å². The summed E-state index contributed by atoms with van der Waals surface area (Å²) in [6.45, 7) is 0. The van der Waals surface area contributed by atoms with Crippen LogP contribution in [0.15, 0.2) is 22.7 Å². The zero-order valence-corrected chi connectivity index (χ0v) is 8.25. The van der Waals surface area contributed by atoms with Gasteiger partial charge in [0, 0.05) is 4.47 Å². The Labute approximate surface area is 86.1 Å². The van der Waals surface area contributed by atoms with E-state index < -0.39 is 23.2 Å². The molecule has 1 aromatic carbocycles. The summed E-state index contributed by atoms with van der Waals surface area (Å²) in [7, 11) is 0. The highest BCUT2D eigenvalue weighted by atomic mass is 79.9. The lowest BCUT2D eigenvalue weighted by atomic mass is 10.1. The molecule has 6 heteroatoms. The third-order valence-electron chi connectivity index (χ3n) is 1.57. The lowest BCUT2D eigenvalue weighted by Gasteiger charge is -2.12. The molecule has 0 aliphatic carbocycles. The number of alkyl halides is 2. The molecule has 0 aliphatic heterocycles. The van der Waals surface area contributed by atoms with E-state index in [-0.39, 0.29) is 0 Å². The molecule has 0 fully saturated rings. The van der Waals surface area contributed by atoms with Crippen LogP contribution in [0.5, 0.6) is 5.75 Å². The predicted octanol–water partition coefficient (Wildman–Crippen LogP) is 2.33. The van der Waals surface area contributed by atoms with Gasteiger partial charge in [0.1, 0.15) is 5.75 Å². The van der Waals surface area contributed by atoms with E-state index in [9.17, 15) is 13.6 Å². The third-order valence-corrected chi connectivity index (χ3v) is 2.06. The summed E-state index contributed by atoms with van der Waals surface area (Å²) in [4.78, 5) is 10.2. The highest BCUT2D eigenvalue weighted by molar-refractivity contribution is 9.10. The fraction of sp³-hybridized carbons (Fsp3) is 0.125. The SMILES string of the molecule is O=C(O)C(F)(F)c1ccc(Br)cc1O. The number of hydrogen-bond acceptors (Lipinski definition) is 2. The number of aliphatic carboxylic acids is 1. The van der Waals surface area contributed by atoms with Crippen LogP contribution >= 0.6 is 15.9 Å². The van der Waals surface area contributed by atoms with Crippen molar-refractivity contribution in [1.29, 1.82) is 0 Å². The molecule has 2 N–H and O–H groups in total. The minimum atomic E-state index is -4.08. The normalized spacial score (nSPS) is 11.4. The van der Waals surface area contributed by atoms with E-state index in [0.29, 0.717) is 4.47 Å². The van der Waals surface area contributed by atoms with Crippen molar-refractivity contribution >= 4 is 21.9 Å². The summed E-state index contributed by atoms with van der Waals surface area (Å²) in [5.74, 6) is -7.13. The molecule has 0 radical (unpaired) electrons. The molecule has 0 aliphatic rings. The molecule has 1 aromatic rings. The maximum atomic E-state index is 12.9. The van der Waals surface area contributed by atoms with Crippen molar-refractivity contribution in [2.45, 2.75) is 5.92 Å². The Kier molecular flexibility index (Phi) is 2.75. The number of carboxylic acids is 1. The first kappa shape index (κ1) is 10.9. The van der Waals surface area contributed by atoms with Crippen LogP contribution in [-0.2, 0) is 10.7 Å². The fourth-order valence-electron chi connectivity index (χ4n) is 0.886. The number of halogens is 3. The first-order valence-electron chi connectivity index (χ1n) is 3.46. The molecule has 1 rings (SSSR count). The van der Waals surface area contributed by atoms with E-state index in [2.05, 4.69) is 15.9 Å². The molecule has 0 amide bonds. The van der Waals surface area contributed by atoms with Crippen LogP contribution in [0.4, 0.5) is 8.78 Å². The van der Waals surface area contributed by atoms with Crippen molar-refractivity contribution in [1.82, 2.24) is 0 Å². The van der Waals surface area contributed by atoms with Gasteiger partial charge in [-0.05, 0) is 18.2 Å². The van der Waals surface area contributed by atoms with Crippen molar-refractivity contribution in [2.75, 3.05) is 0 Å². The van der Waals surface area contributed by atoms with Crippen LogP contribution in [0, 0.1) is 0 Å². The van der Waals surface area contributed by atoms with Gasteiger partial charge in [-0.1, -0.05) is 15.9 Å². The molecule has 0 atom stereocenters. The number of aromatic hydroxyl groups is 1. The molecule has 0 spiro atoms. The number of rotatable bonds is 2. The molecule has 14 heavy (non-hydrogen) atoms. The second kappa shape index (κ2) is 3.53. The Hall–Kier alpha value is -1.17. The maximum Gasteiger partial charge on any atom is 0.379 e. The maximum absolute atomic E-state index is 12.9. The van der Waals surface area contributed by atoms with Gasteiger partial charge in [-0.3, -0.25) is 0 Å². The average Bonchev–Trinajstić information content (AvgIpc) is 2.02. The van der Waals surface area contributed by atoms with Crippen LogP contribution in [-0.4, -0.2) is 16.2 Å². The summed E-state index contributed by atoms with van der Waals surface area (Å²) in [6, 6.07) is 3.09. The Bertz CT molecular complexity index is 379. The summed E-state index contributed by atoms with van der Waals surface area (Å²) in [6.07, 6.45) is 0. The second-order valence-electron chi connectivity index (χ2n) is 2.54. The lowest BCUT2D eigenvalue weighted by molar-refractivity contribution is -0.166. The molecule has 0 saturated heterocycles. The smallest absolute Gasteiger partial charge is 0.379 e. The average molecular weight is 267 g/mol. The van der Waals surface area contributed by atoms with Crippen LogP contribution < -0.4 is 0 Å². The van der Waals surface area contributed by atoms with Crippen molar-refractivity contribution in [3.05, 3.63) is 28.2 Å². The topological polar surface area (TPSA) is 57.5 Å². The summed E-state index contributed by atoms with van der Waals surface area (Å²) in [5, 5.41) is 17.3. The third kappa shape index (κ3) is 1.84. The monoisotopic (exact) mass is 266 g/mol. The standard InChI is InChI=1S/C8H5BrF2O3/c9-4-1-2-5(6(12)3-4)8(10,11)7(13)14/h1-3,12H,(H,13,14). The van der Waals surface area contributed by atoms with Crippen molar-refractivity contribution in [2.24, 2.45) is 0 Å². The number of carbonyl (C=O) groups is 1. The minimum absolute atomic E-state index is 0.389. The molecule has 0 unspecified atom stereocenters. The van der Waals surface area contributed by atoms with Gasteiger partial charge in [0.25, 0.3) is 0 Å². The summed E-state index contributed by atoms with van der Waals surface area (Å²) >= 11 is 2.95. The summed E-state index contributed by atoms with van der Waals surface area (Å²) < 4.78 is 26.2. The van der Waals surface area contributed by atoms with Crippen LogP contribution in [0.2, 0.25) is 0 Å². The zero-order chi connectivity index (χ0) is 10.9. The van der Waals surface area contributed by atoms with Gasteiger partial charge in [-0.25, -0.2) is 4.79 Å². The van der Waals surface area contributed by atoms with Crippen LogP contribution in [0.1, 0.15) is 5.56 Å². The fourth-order valence-corrected chi connectivity index (χ4v) is 1.23. The Balaban J connectivity index is 3.26. The van der Waals surface area contributed by atoms with E-state index in [0.717, 1.165) is 12.1 Å².